The SMILES string of the molecule is CN=C(NCCNC(=O)C(C)C)NC1CCCC(C(F)(F)F)C1.I. The molecule has 9 heteroatoms. The molecule has 0 heterocycles. The first kappa shape index (κ1) is 23.3. The lowest BCUT2D eigenvalue weighted by Gasteiger charge is -2.31. The number of hydrogen-bond donors (Lipinski definition) is 3. The third kappa shape index (κ3) is 8.39. The van der Waals surface area contributed by atoms with Gasteiger partial charge in [-0.15, -0.1) is 24.0 Å². The Morgan fingerprint density at radius 2 is 1.83 bits per heavy atom. The monoisotopic (exact) mass is 464 g/mol. The van der Waals surface area contributed by atoms with Crippen molar-refractivity contribution in [3.05, 3.63) is 0 Å². The largest absolute Gasteiger partial charge is 0.391 e. The summed E-state index contributed by atoms with van der Waals surface area (Å²) in [5.74, 6) is -0.877. The van der Waals surface area contributed by atoms with Gasteiger partial charge in [0.2, 0.25) is 5.91 Å². The number of nitrogens with zero attached hydrogens (tertiary/aromatic N) is 1. The molecule has 0 spiro atoms. The molecule has 3 N–H and O–H groups in total. The molecule has 0 aromatic heterocycles. The van der Waals surface area contributed by atoms with E-state index in [9.17, 15) is 18.0 Å². The van der Waals surface area contributed by atoms with Gasteiger partial charge in [0.25, 0.3) is 0 Å². The molecule has 1 rings (SSSR count). The van der Waals surface area contributed by atoms with E-state index in [1.54, 1.807) is 7.05 Å². The highest BCUT2D eigenvalue weighted by Crippen LogP contribution is 2.37. The van der Waals surface area contributed by atoms with Crippen LogP contribution in [0.2, 0.25) is 0 Å². The number of aliphatic imine (C=N–C) groups is 1. The van der Waals surface area contributed by atoms with Crippen molar-refractivity contribution in [2.75, 3.05) is 20.1 Å². The van der Waals surface area contributed by atoms with Gasteiger partial charge < -0.3 is 16.0 Å². The van der Waals surface area contributed by atoms with E-state index in [0.717, 1.165) is 0 Å². The lowest BCUT2D eigenvalue weighted by Crippen LogP contribution is -2.48. The molecule has 5 nitrogen and oxygen atoms in total. The molecule has 1 fully saturated rings. The highest BCUT2D eigenvalue weighted by atomic mass is 127. The van der Waals surface area contributed by atoms with Crippen molar-refractivity contribution in [2.45, 2.75) is 51.7 Å². The Morgan fingerprint density at radius 3 is 2.38 bits per heavy atom. The van der Waals surface area contributed by atoms with E-state index in [4.69, 9.17) is 0 Å². The summed E-state index contributed by atoms with van der Waals surface area (Å²) in [5.41, 5.74) is 0. The maximum absolute atomic E-state index is 12.8. The average Bonchev–Trinajstić information content (AvgIpc) is 2.49. The standard InChI is InChI=1S/C15H27F3N4O.HI/c1-10(2)13(23)20-7-8-21-14(19-3)22-12-6-4-5-11(9-12)15(16,17)18;/h10-12H,4-9H2,1-3H3,(H,20,23)(H2,19,21,22);1H. The van der Waals surface area contributed by atoms with Gasteiger partial charge in [0.05, 0.1) is 5.92 Å². The Morgan fingerprint density at radius 1 is 1.21 bits per heavy atom. The lowest BCUT2D eigenvalue weighted by atomic mass is 9.85. The minimum absolute atomic E-state index is 0. The van der Waals surface area contributed by atoms with Gasteiger partial charge in [0.15, 0.2) is 5.96 Å². The number of carbonyl (C=O) groups excluding carboxylic acids is 1. The highest BCUT2D eigenvalue weighted by molar-refractivity contribution is 14.0. The molecule has 0 radical (unpaired) electrons. The van der Waals surface area contributed by atoms with Crippen molar-refractivity contribution in [3.63, 3.8) is 0 Å². The van der Waals surface area contributed by atoms with E-state index in [1.165, 1.54) is 0 Å². The Balaban J connectivity index is 0.00000529. The quantitative estimate of drug-likeness (QED) is 0.254. The van der Waals surface area contributed by atoms with Gasteiger partial charge in [0.1, 0.15) is 0 Å². The summed E-state index contributed by atoms with van der Waals surface area (Å²) in [4.78, 5) is 15.4. The van der Waals surface area contributed by atoms with Crippen LogP contribution in [0.1, 0.15) is 39.5 Å². The molecule has 1 amide bonds. The van der Waals surface area contributed by atoms with Gasteiger partial charge in [-0.3, -0.25) is 9.79 Å². The van der Waals surface area contributed by atoms with Crippen LogP contribution in [-0.2, 0) is 4.79 Å². The number of hydrogen-bond acceptors (Lipinski definition) is 2. The van der Waals surface area contributed by atoms with Crippen molar-refractivity contribution in [1.82, 2.24) is 16.0 Å². The van der Waals surface area contributed by atoms with Crippen LogP contribution < -0.4 is 16.0 Å². The minimum atomic E-state index is -4.13. The zero-order valence-corrected chi connectivity index (χ0v) is 16.7. The third-order valence-electron chi connectivity index (χ3n) is 3.94. The zero-order valence-electron chi connectivity index (χ0n) is 14.4. The maximum atomic E-state index is 12.8. The summed E-state index contributed by atoms with van der Waals surface area (Å²) in [5, 5.41) is 8.81. The Bertz CT molecular complexity index is 416. The van der Waals surface area contributed by atoms with Gasteiger partial charge in [-0.05, 0) is 19.3 Å². The van der Waals surface area contributed by atoms with Crippen LogP contribution in [0.4, 0.5) is 13.2 Å². The summed E-state index contributed by atoms with van der Waals surface area (Å²) in [6.07, 6.45) is -2.58. The fourth-order valence-electron chi connectivity index (χ4n) is 2.58. The van der Waals surface area contributed by atoms with E-state index in [2.05, 4.69) is 20.9 Å². The molecular formula is C15H28F3IN4O. The second kappa shape index (κ2) is 11.0. The molecule has 24 heavy (non-hydrogen) atoms. The van der Waals surface area contributed by atoms with Crippen molar-refractivity contribution < 1.29 is 18.0 Å². The van der Waals surface area contributed by atoms with Crippen molar-refractivity contribution in [1.29, 1.82) is 0 Å². The number of halogens is 4. The van der Waals surface area contributed by atoms with Crippen LogP contribution >= 0.6 is 24.0 Å². The Kier molecular flexibility index (Phi) is 10.6. The molecule has 0 aromatic carbocycles. The molecule has 1 saturated carbocycles. The number of nitrogens with one attached hydrogen (secondary N) is 3. The normalized spacial score (nSPS) is 21.9. The van der Waals surface area contributed by atoms with E-state index >= 15 is 0 Å². The van der Waals surface area contributed by atoms with Gasteiger partial charge in [-0.1, -0.05) is 20.3 Å². The average molecular weight is 464 g/mol. The summed E-state index contributed by atoms with van der Waals surface area (Å²) in [6.45, 7) is 4.52. The van der Waals surface area contributed by atoms with E-state index < -0.39 is 12.1 Å². The number of rotatable bonds is 5. The van der Waals surface area contributed by atoms with Crippen LogP contribution in [0.5, 0.6) is 0 Å². The highest BCUT2D eigenvalue weighted by Gasteiger charge is 2.42. The maximum Gasteiger partial charge on any atom is 0.391 e. The van der Waals surface area contributed by atoms with Crippen LogP contribution in [0.25, 0.3) is 0 Å². The molecule has 0 aliphatic heterocycles. The molecule has 142 valence electrons. The van der Waals surface area contributed by atoms with Crippen LogP contribution in [-0.4, -0.2) is 44.2 Å². The van der Waals surface area contributed by atoms with Crippen LogP contribution in [0.15, 0.2) is 4.99 Å². The van der Waals surface area contributed by atoms with Crippen molar-refractivity contribution >= 4 is 35.8 Å². The molecule has 0 bridgehead atoms. The van der Waals surface area contributed by atoms with Gasteiger partial charge in [-0.25, -0.2) is 0 Å². The first-order valence-corrected chi connectivity index (χ1v) is 8.05. The van der Waals surface area contributed by atoms with E-state index in [0.29, 0.717) is 31.9 Å². The summed E-state index contributed by atoms with van der Waals surface area (Å²) >= 11 is 0. The molecule has 2 atom stereocenters. The number of guanidine groups is 1. The number of amides is 1. The number of alkyl halides is 3. The fourth-order valence-corrected chi connectivity index (χ4v) is 2.58. The lowest BCUT2D eigenvalue weighted by molar-refractivity contribution is -0.183. The van der Waals surface area contributed by atoms with Crippen molar-refractivity contribution in [2.24, 2.45) is 16.8 Å². The van der Waals surface area contributed by atoms with Crippen LogP contribution in [0.3, 0.4) is 0 Å². The second-order valence-corrected chi connectivity index (χ2v) is 6.19. The van der Waals surface area contributed by atoms with E-state index in [1.807, 2.05) is 13.8 Å². The van der Waals surface area contributed by atoms with Crippen molar-refractivity contribution in [3.8, 4) is 0 Å². The first-order chi connectivity index (χ1) is 10.7. The summed E-state index contributed by atoms with van der Waals surface area (Å²) in [6, 6.07) is -0.230. The topological polar surface area (TPSA) is 65.5 Å². The smallest absolute Gasteiger partial charge is 0.355 e. The molecule has 2 unspecified atom stereocenters. The fraction of sp³-hybridized carbons (Fsp3) is 0.867. The van der Waals surface area contributed by atoms with Gasteiger partial charge in [0, 0.05) is 32.1 Å². The summed E-state index contributed by atoms with van der Waals surface area (Å²) < 4.78 is 38.4. The third-order valence-corrected chi connectivity index (χ3v) is 3.94. The molecule has 0 aromatic rings. The first-order valence-electron chi connectivity index (χ1n) is 8.05. The van der Waals surface area contributed by atoms with E-state index in [-0.39, 0.29) is 54.7 Å². The zero-order chi connectivity index (χ0) is 17.5. The predicted octanol–water partition coefficient (Wildman–Crippen LogP) is 2.66. The van der Waals surface area contributed by atoms with Crippen LogP contribution in [0, 0.1) is 11.8 Å². The molecule has 1 aliphatic rings. The molecule has 1 aliphatic carbocycles. The minimum Gasteiger partial charge on any atom is -0.355 e. The summed E-state index contributed by atoms with van der Waals surface area (Å²) in [7, 11) is 1.58. The Hall–Kier alpha value is -0.740. The molecular weight excluding hydrogens is 436 g/mol. The molecule has 0 saturated heterocycles. The van der Waals surface area contributed by atoms with Gasteiger partial charge in [-0.2, -0.15) is 13.2 Å². The predicted molar refractivity (Wildman–Crippen MR) is 99.6 cm³/mol. The van der Waals surface area contributed by atoms with Gasteiger partial charge >= 0.3 is 6.18 Å². The second-order valence-electron chi connectivity index (χ2n) is 6.19. The Labute approximate surface area is 158 Å². The number of carbonyl (C=O) groups is 1.